The Morgan fingerprint density at radius 2 is 2.06 bits per heavy atom. The predicted molar refractivity (Wildman–Crippen MR) is 76.3 cm³/mol. The minimum Gasteiger partial charge on any atom is -0.313 e. The van der Waals surface area contributed by atoms with E-state index in [0.717, 1.165) is 11.3 Å². The van der Waals surface area contributed by atoms with Crippen LogP contribution in [0.4, 0.5) is 0 Å². The number of hydrogen-bond acceptors (Lipinski definition) is 2. The highest BCUT2D eigenvalue weighted by atomic mass is 32.2. The third-order valence-electron chi connectivity index (χ3n) is 3.46. The quantitative estimate of drug-likeness (QED) is 0.609. The van der Waals surface area contributed by atoms with Gasteiger partial charge in [-0.05, 0) is 31.9 Å². The molecule has 2 unspecified atom stereocenters. The van der Waals surface area contributed by atoms with Gasteiger partial charge in [0, 0.05) is 17.8 Å². The van der Waals surface area contributed by atoms with Gasteiger partial charge in [0.2, 0.25) is 0 Å². The van der Waals surface area contributed by atoms with Crippen molar-refractivity contribution in [3.8, 4) is 0 Å². The summed E-state index contributed by atoms with van der Waals surface area (Å²) in [5.74, 6) is 1.39. The van der Waals surface area contributed by atoms with E-state index in [-0.39, 0.29) is 0 Å². The Bertz CT molecular complexity index is 155. The fraction of sp³-hybridized carbons (Fsp3) is 1.00. The normalized spacial score (nSPS) is 22.5. The smallest absolute Gasteiger partial charge is 0.0172 e. The molecule has 1 N–H and O–H groups in total. The molecule has 0 aromatic heterocycles. The van der Waals surface area contributed by atoms with Gasteiger partial charge in [0.05, 0.1) is 0 Å². The van der Waals surface area contributed by atoms with Crippen LogP contribution in [0, 0.1) is 0 Å². The zero-order valence-electron chi connectivity index (χ0n) is 11.1. The molecule has 1 aliphatic rings. The number of hydrogen-bond donors (Lipinski definition) is 1. The summed E-state index contributed by atoms with van der Waals surface area (Å²) in [5, 5.41) is 4.60. The first-order valence-electron chi connectivity index (χ1n) is 7.18. The number of thioether (sulfide) groups is 1. The van der Waals surface area contributed by atoms with E-state index in [0.29, 0.717) is 0 Å². The third kappa shape index (κ3) is 6.80. The maximum Gasteiger partial charge on any atom is 0.0172 e. The van der Waals surface area contributed by atoms with E-state index in [1.54, 1.807) is 0 Å². The van der Waals surface area contributed by atoms with Crippen molar-refractivity contribution < 1.29 is 0 Å². The number of nitrogens with one attached hydrogen (secondary N) is 1. The first kappa shape index (κ1) is 14.4. The van der Waals surface area contributed by atoms with Gasteiger partial charge in [-0.2, -0.15) is 11.8 Å². The lowest BCUT2D eigenvalue weighted by molar-refractivity contribution is 0.477. The second kappa shape index (κ2) is 9.35. The Hall–Kier alpha value is 0.310. The SMILES string of the molecule is CCCCCCCC(C)NCC1CCCS1. The lowest BCUT2D eigenvalue weighted by Gasteiger charge is -2.16. The molecule has 0 amide bonds. The molecule has 1 heterocycles. The summed E-state index contributed by atoms with van der Waals surface area (Å²) in [6.45, 7) is 5.86. The molecule has 16 heavy (non-hydrogen) atoms. The minimum atomic E-state index is 0.725. The van der Waals surface area contributed by atoms with Crippen LogP contribution < -0.4 is 5.32 Å². The molecule has 1 saturated heterocycles. The van der Waals surface area contributed by atoms with Crippen molar-refractivity contribution in [2.75, 3.05) is 12.3 Å². The molecule has 0 aromatic rings. The summed E-state index contributed by atoms with van der Waals surface area (Å²) in [7, 11) is 0. The van der Waals surface area contributed by atoms with E-state index in [1.807, 2.05) is 0 Å². The summed E-state index contributed by atoms with van der Waals surface area (Å²) in [6.07, 6.45) is 11.3. The zero-order chi connectivity index (χ0) is 11.6. The summed E-state index contributed by atoms with van der Waals surface area (Å²) in [4.78, 5) is 0. The summed E-state index contributed by atoms with van der Waals surface area (Å²) >= 11 is 2.16. The van der Waals surface area contributed by atoms with Crippen molar-refractivity contribution in [2.45, 2.75) is 76.5 Å². The van der Waals surface area contributed by atoms with Crippen LogP contribution in [0.2, 0.25) is 0 Å². The topological polar surface area (TPSA) is 12.0 Å². The first-order valence-corrected chi connectivity index (χ1v) is 8.22. The van der Waals surface area contributed by atoms with Crippen molar-refractivity contribution in [3.63, 3.8) is 0 Å². The van der Waals surface area contributed by atoms with E-state index in [4.69, 9.17) is 0 Å². The minimum absolute atomic E-state index is 0.725. The molecule has 0 radical (unpaired) electrons. The molecule has 0 aromatic carbocycles. The molecular formula is C14H29NS. The van der Waals surface area contributed by atoms with Gasteiger partial charge in [-0.3, -0.25) is 0 Å². The molecule has 96 valence electrons. The van der Waals surface area contributed by atoms with E-state index in [9.17, 15) is 0 Å². The third-order valence-corrected chi connectivity index (χ3v) is 4.86. The second-order valence-corrected chi connectivity index (χ2v) is 6.56. The molecule has 0 bridgehead atoms. The average Bonchev–Trinajstić information content (AvgIpc) is 2.79. The van der Waals surface area contributed by atoms with E-state index in [1.165, 1.54) is 63.7 Å². The lowest BCUT2D eigenvalue weighted by Crippen LogP contribution is -2.31. The number of rotatable bonds is 9. The van der Waals surface area contributed by atoms with Crippen LogP contribution in [0.1, 0.15) is 65.2 Å². The highest BCUT2D eigenvalue weighted by Gasteiger charge is 2.15. The van der Waals surface area contributed by atoms with Gasteiger partial charge in [-0.1, -0.05) is 39.0 Å². The van der Waals surface area contributed by atoms with Crippen LogP contribution in [-0.4, -0.2) is 23.6 Å². The fourth-order valence-electron chi connectivity index (χ4n) is 2.29. The Kier molecular flexibility index (Phi) is 8.40. The molecule has 2 heteroatoms. The van der Waals surface area contributed by atoms with Crippen LogP contribution in [0.5, 0.6) is 0 Å². The van der Waals surface area contributed by atoms with Gasteiger partial charge < -0.3 is 5.32 Å². The monoisotopic (exact) mass is 243 g/mol. The Labute approximate surface area is 106 Å². The molecule has 1 rings (SSSR count). The van der Waals surface area contributed by atoms with Crippen LogP contribution in [0.25, 0.3) is 0 Å². The molecule has 0 spiro atoms. The van der Waals surface area contributed by atoms with Crippen molar-refractivity contribution in [1.29, 1.82) is 0 Å². The number of unbranched alkanes of at least 4 members (excludes halogenated alkanes) is 4. The van der Waals surface area contributed by atoms with Gasteiger partial charge >= 0.3 is 0 Å². The molecular weight excluding hydrogens is 214 g/mol. The lowest BCUT2D eigenvalue weighted by atomic mass is 10.1. The molecule has 1 aliphatic heterocycles. The van der Waals surface area contributed by atoms with Gasteiger partial charge in [0.15, 0.2) is 0 Å². The van der Waals surface area contributed by atoms with Gasteiger partial charge in [0.1, 0.15) is 0 Å². The van der Waals surface area contributed by atoms with Crippen molar-refractivity contribution in [3.05, 3.63) is 0 Å². The van der Waals surface area contributed by atoms with Crippen molar-refractivity contribution in [1.82, 2.24) is 5.32 Å². The first-order chi connectivity index (χ1) is 7.83. The molecule has 0 saturated carbocycles. The van der Waals surface area contributed by atoms with Crippen LogP contribution >= 0.6 is 11.8 Å². The summed E-state index contributed by atoms with van der Waals surface area (Å²) < 4.78 is 0. The van der Waals surface area contributed by atoms with Crippen LogP contribution in [0.15, 0.2) is 0 Å². The van der Waals surface area contributed by atoms with Gasteiger partial charge in [-0.15, -0.1) is 0 Å². The standard InChI is InChI=1S/C14H29NS/c1-3-4-5-6-7-9-13(2)15-12-14-10-8-11-16-14/h13-15H,3-12H2,1-2H3. The highest BCUT2D eigenvalue weighted by Crippen LogP contribution is 2.25. The predicted octanol–water partition coefficient (Wildman–Crippen LogP) is 4.22. The second-order valence-electron chi connectivity index (χ2n) is 5.15. The van der Waals surface area contributed by atoms with E-state index < -0.39 is 0 Å². The molecule has 2 atom stereocenters. The zero-order valence-corrected chi connectivity index (χ0v) is 12.0. The van der Waals surface area contributed by atoms with Gasteiger partial charge in [0.25, 0.3) is 0 Å². The van der Waals surface area contributed by atoms with Gasteiger partial charge in [-0.25, -0.2) is 0 Å². The Morgan fingerprint density at radius 1 is 1.25 bits per heavy atom. The fourth-order valence-corrected chi connectivity index (χ4v) is 3.51. The average molecular weight is 243 g/mol. The molecule has 0 aliphatic carbocycles. The van der Waals surface area contributed by atoms with E-state index >= 15 is 0 Å². The highest BCUT2D eigenvalue weighted by molar-refractivity contribution is 8.00. The van der Waals surface area contributed by atoms with Crippen LogP contribution in [0.3, 0.4) is 0 Å². The van der Waals surface area contributed by atoms with E-state index in [2.05, 4.69) is 30.9 Å². The molecule has 1 nitrogen and oxygen atoms in total. The summed E-state index contributed by atoms with van der Waals surface area (Å²) in [5.41, 5.74) is 0. The van der Waals surface area contributed by atoms with Crippen LogP contribution in [-0.2, 0) is 0 Å². The Morgan fingerprint density at radius 3 is 2.75 bits per heavy atom. The largest absolute Gasteiger partial charge is 0.313 e. The summed E-state index contributed by atoms with van der Waals surface area (Å²) in [6, 6.07) is 0.725. The maximum absolute atomic E-state index is 3.69. The maximum atomic E-state index is 3.69. The van der Waals surface area contributed by atoms with Crippen molar-refractivity contribution in [2.24, 2.45) is 0 Å². The van der Waals surface area contributed by atoms with Crippen molar-refractivity contribution >= 4 is 11.8 Å². The molecule has 1 fully saturated rings. The Balaban J connectivity index is 1.87.